The first-order chi connectivity index (χ1) is 14.7. The topological polar surface area (TPSA) is 69.4 Å². The van der Waals surface area contributed by atoms with E-state index in [2.05, 4.69) is 15.1 Å². The van der Waals surface area contributed by atoms with Crippen LogP contribution >= 0.6 is 11.3 Å². The lowest BCUT2D eigenvalue weighted by molar-refractivity contribution is 0.103. The SMILES string of the molecule is O=C(c1ccc(F)cc1)c1ccc(Oc2nn3cc(-c4cccnc4)nc3s2)cc1. The van der Waals surface area contributed by atoms with Gasteiger partial charge in [0.2, 0.25) is 4.96 Å². The Bertz CT molecular complexity index is 1300. The average Bonchev–Trinajstić information content (AvgIpc) is 3.34. The lowest BCUT2D eigenvalue weighted by atomic mass is 10.0. The number of benzene rings is 2. The molecule has 5 aromatic rings. The van der Waals surface area contributed by atoms with Crippen LogP contribution in [0.1, 0.15) is 15.9 Å². The molecule has 0 saturated carbocycles. The Hall–Kier alpha value is -3.91. The zero-order valence-electron chi connectivity index (χ0n) is 15.4. The lowest BCUT2D eigenvalue weighted by Gasteiger charge is -2.04. The van der Waals surface area contributed by atoms with Gasteiger partial charge in [-0.3, -0.25) is 9.78 Å². The van der Waals surface area contributed by atoms with Crippen LogP contribution in [0.2, 0.25) is 0 Å². The van der Waals surface area contributed by atoms with Gasteiger partial charge in [0.25, 0.3) is 5.19 Å². The molecular formula is C22H13FN4O2S. The fraction of sp³-hybridized carbons (Fsp3) is 0. The first kappa shape index (κ1) is 18.1. The summed E-state index contributed by atoms with van der Waals surface area (Å²) in [5.41, 5.74) is 2.62. The standard InChI is InChI=1S/C22H13FN4O2S/c23-17-7-3-14(4-8-17)20(28)15-5-9-18(10-6-15)29-22-26-27-13-19(25-21(27)30-22)16-2-1-11-24-12-16/h1-13H. The van der Waals surface area contributed by atoms with Crippen LogP contribution in [0.25, 0.3) is 16.2 Å². The molecule has 0 aliphatic carbocycles. The van der Waals surface area contributed by atoms with Gasteiger partial charge in [-0.1, -0.05) is 0 Å². The van der Waals surface area contributed by atoms with Gasteiger partial charge in [-0.2, -0.15) is 0 Å². The Morgan fingerprint density at radius 2 is 1.73 bits per heavy atom. The van der Waals surface area contributed by atoms with Gasteiger partial charge in [0, 0.05) is 29.1 Å². The molecule has 3 heterocycles. The molecule has 30 heavy (non-hydrogen) atoms. The number of hydrogen-bond acceptors (Lipinski definition) is 6. The summed E-state index contributed by atoms with van der Waals surface area (Å²) in [6.07, 6.45) is 5.28. The summed E-state index contributed by atoms with van der Waals surface area (Å²) >= 11 is 1.31. The molecule has 0 atom stereocenters. The number of ketones is 1. The second kappa shape index (κ2) is 7.49. The van der Waals surface area contributed by atoms with E-state index < -0.39 is 0 Å². The molecule has 3 aromatic heterocycles. The minimum atomic E-state index is -0.377. The van der Waals surface area contributed by atoms with Crippen molar-refractivity contribution in [3.63, 3.8) is 0 Å². The molecule has 0 N–H and O–H groups in total. The number of aromatic nitrogens is 4. The molecule has 0 radical (unpaired) electrons. The quantitative estimate of drug-likeness (QED) is 0.377. The van der Waals surface area contributed by atoms with E-state index in [0.29, 0.717) is 27.0 Å². The van der Waals surface area contributed by atoms with Crippen LogP contribution in [0.3, 0.4) is 0 Å². The molecule has 8 heteroatoms. The van der Waals surface area contributed by atoms with E-state index in [1.165, 1.54) is 35.6 Å². The molecule has 0 spiro atoms. The number of ether oxygens (including phenoxy) is 1. The molecular weight excluding hydrogens is 403 g/mol. The third-order valence-corrected chi connectivity index (χ3v) is 5.21. The van der Waals surface area contributed by atoms with E-state index in [0.717, 1.165) is 11.3 Å². The van der Waals surface area contributed by atoms with Crippen molar-refractivity contribution >= 4 is 22.1 Å². The number of imidazole rings is 1. The maximum Gasteiger partial charge on any atom is 0.299 e. The Morgan fingerprint density at radius 1 is 1.00 bits per heavy atom. The lowest BCUT2D eigenvalue weighted by Crippen LogP contribution is -2.01. The molecule has 0 aliphatic heterocycles. The zero-order chi connectivity index (χ0) is 20.5. The maximum absolute atomic E-state index is 13.0. The minimum absolute atomic E-state index is 0.183. The van der Waals surface area contributed by atoms with Crippen molar-refractivity contribution in [3.8, 4) is 22.2 Å². The Balaban J connectivity index is 1.32. The van der Waals surface area contributed by atoms with Crippen molar-refractivity contribution in [1.82, 2.24) is 19.6 Å². The number of carbonyl (C=O) groups excluding carboxylic acids is 1. The van der Waals surface area contributed by atoms with Gasteiger partial charge >= 0.3 is 0 Å². The van der Waals surface area contributed by atoms with Gasteiger partial charge < -0.3 is 4.74 Å². The van der Waals surface area contributed by atoms with Crippen molar-refractivity contribution in [2.75, 3.05) is 0 Å². The summed E-state index contributed by atoms with van der Waals surface area (Å²) in [6.45, 7) is 0. The van der Waals surface area contributed by atoms with Crippen molar-refractivity contribution in [3.05, 3.63) is 96.2 Å². The number of rotatable bonds is 5. The highest BCUT2D eigenvalue weighted by atomic mass is 32.1. The molecule has 2 aromatic carbocycles. The number of pyridine rings is 1. The van der Waals surface area contributed by atoms with E-state index in [9.17, 15) is 9.18 Å². The van der Waals surface area contributed by atoms with Crippen LogP contribution in [-0.4, -0.2) is 25.4 Å². The Morgan fingerprint density at radius 3 is 2.40 bits per heavy atom. The number of carbonyl (C=O) groups is 1. The predicted octanol–water partition coefficient (Wildman–Crippen LogP) is 5.02. The molecule has 5 rings (SSSR count). The molecule has 0 unspecified atom stereocenters. The largest absolute Gasteiger partial charge is 0.430 e. The smallest absolute Gasteiger partial charge is 0.299 e. The highest BCUT2D eigenvalue weighted by Crippen LogP contribution is 2.29. The number of fused-ring (bicyclic) bond motifs is 1. The van der Waals surface area contributed by atoms with Crippen LogP contribution in [0.4, 0.5) is 4.39 Å². The molecule has 0 saturated heterocycles. The second-order valence-corrected chi connectivity index (χ2v) is 7.34. The monoisotopic (exact) mass is 416 g/mol. The number of hydrogen-bond donors (Lipinski definition) is 0. The fourth-order valence-corrected chi connectivity index (χ4v) is 3.67. The summed E-state index contributed by atoms with van der Waals surface area (Å²) in [5, 5.41) is 4.83. The van der Waals surface area contributed by atoms with Gasteiger partial charge in [0.15, 0.2) is 5.78 Å². The van der Waals surface area contributed by atoms with E-state index in [4.69, 9.17) is 4.74 Å². The summed E-state index contributed by atoms with van der Waals surface area (Å²) < 4.78 is 20.5. The van der Waals surface area contributed by atoms with Crippen molar-refractivity contribution < 1.29 is 13.9 Å². The normalized spacial score (nSPS) is 11.0. The van der Waals surface area contributed by atoms with Crippen LogP contribution in [0, 0.1) is 5.82 Å². The van der Waals surface area contributed by atoms with Gasteiger partial charge in [0.1, 0.15) is 11.6 Å². The Labute approximate surface area is 174 Å². The van der Waals surface area contributed by atoms with Crippen LogP contribution in [-0.2, 0) is 0 Å². The average molecular weight is 416 g/mol. The zero-order valence-corrected chi connectivity index (χ0v) is 16.2. The third kappa shape index (κ3) is 3.56. The number of halogens is 1. The maximum atomic E-state index is 13.0. The van der Waals surface area contributed by atoms with Crippen LogP contribution in [0.5, 0.6) is 10.9 Å². The first-order valence-corrected chi connectivity index (χ1v) is 9.82. The highest BCUT2D eigenvalue weighted by Gasteiger charge is 2.13. The molecule has 0 amide bonds. The van der Waals surface area contributed by atoms with Gasteiger partial charge in [0.05, 0.1) is 11.9 Å². The minimum Gasteiger partial charge on any atom is -0.430 e. The third-order valence-electron chi connectivity index (χ3n) is 4.41. The predicted molar refractivity (Wildman–Crippen MR) is 110 cm³/mol. The van der Waals surface area contributed by atoms with Gasteiger partial charge in [-0.05, 0) is 72.0 Å². The van der Waals surface area contributed by atoms with Gasteiger partial charge in [-0.15, -0.1) is 5.10 Å². The molecule has 0 fully saturated rings. The van der Waals surface area contributed by atoms with Crippen molar-refractivity contribution in [1.29, 1.82) is 0 Å². The fourth-order valence-electron chi connectivity index (χ4n) is 2.92. The molecule has 6 nitrogen and oxygen atoms in total. The summed E-state index contributed by atoms with van der Waals surface area (Å²) in [5.74, 6) is -0.00927. The van der Waals surface area contributed by atoms with E-state index in [1.54, 1.807) is 41.2 Å². The van der Waals surface area contributed by atoms with Crippen molar-refractivity contribution in [2.24, 2.45) is 0 Å². The van der Waals surface area contributed by atoms with Crippen molar-refractivity contribution in [2.45, 2.75) is 0 Å². The van der Waals surface area contributed by atoms with Crippen LogP contribution < -0.4 is 4.74 Å². The summed E-state index contributed by atoms with van der Waals surface area (Å²) in [7, 11) is 0. The van der Waals surface area contributed by atoms with Crippen LogP contribution in [0.15, 0.2) is 79.3 Å². The Kier molecular flexibility index (Phi) is 4.53. The second-order valence-electron chi connectivity index (χ2n) is 6.43. The van der Waals surface area contributed by atoms with E-state index in [1.807, 2.05) is 18.3 Å². The van der Waals surface area contributed by atoms with E-state index in [-0.39, 0.29) is 11.6 Å². The number of nitrogens with zero attached hydrogens (tertiary/aromatic N) is 4. The first-order valence-electron chi connectivity index (χ1n) is 9.00. The summed E-state index contributed by atoms with van der Waals surface area (Å²) in [6, 6.07) is 16.0. The molecule has 0 aliphatic rings. The highest BCUT2D eigenvalue weighted by molar-refractivity contribution is 7.18. The van der Waals surface area contributed by atoms with E-state index >= 15 is 0 Å². The summed E-state index contributed by atoms with van der Waals surface area (Å²) in [4.78, 5) is 21.8. The molecule has 0 bridgehead atoms. The van der Waals surface area contributed by atoms with Gasteiger partial charge in [-0.25, -0.2) is 13.9 Å². The molecule has 146 valence electrons.